The van der Waals surface area contributed by atoms with Gasteiger partial charge in [0, 0.05) is 16.7 Å². The average Bonchev–Trinajstić information content (AvgIpc) is 3.44. The third kappa shape index (κ3) is 5.12. The van der Waals surface area contributed by atoms with Gasteiger partial charge in [-0.25, -0.2) is 9.79 Å². The summed E-state index contributed by atoms with van der Waals surface area (Å²) < 4.78 is 13.4. The van der Waals surface area contributed by atoms with Gasteiger partial charge in [0.25, 0.3) is 5.56 Å². The second kappa shape index (κ2) is 10.6. The van der Waals surface area contributed by atoms with E-state index in [1.165, 1.54) is 15.9 Å². The maximum atomic E-state index is 13.7. The number of ether oxygens (including phenoxy) is 1. The van der Waals surface area contributed by atoms with Crippen LogP contribution in [0.5, 0.6) is 0 Å². The summed E-state index contributed by atoms with van der Waals surface area (Å²) in [6.45, 7) is 5.29. The molecule has 4 aromatic rings. The number of carbonyl (C=O) groups excluding carboxylic acids is 1. The van der Waals surface area contributed by atoms with E-state index in [0.717, 1.165) is 5.56 Å². The van der Waals surface area contributed by atoms with Gasteiger partial charge in [-0.05, 0) is 68.8 Å². The molecular formula is C28H21Cl3N2O4S. The number of carbonyl (C=O) groups is 1. The lowest BCUT2D eigenvalue weighted by molar-refractivity contribution is -0.143. The highest BCUT2D eigenvalue weighted by Gasteiger charge is 2.33. The molecule has 38 heavy (non-hydrogen) atoms. The molecule has 1 unspecified atom stereocenters. The van der Waals surface area contributed by atoms with Gasteiger partial charge < -0.3 is 9.15 Å². The van der Waals surface area contributed by atoms with Crippen molar-refractivity contribution >= 4 is 58.2 Å². The van der Waals surface area contributed by atoms with Crippen molar-refractivity contribution in [1.82, 2.24) is 4.57 Å². The molecule has 1 aliphatic heterocycles. The topological polar surface area (TPSA) is 73.8 Å². The van der Waals surface area contributed by atoms with Crippen LogP contribution >= 0.6 is 46.1 Å². The number of thiazole rings is 1. The number of aromatic nitrogens is 1. The van der Waals surface area contributed by atoms with Crippen molar-refractivity contribution in [2.45, 2.75) is 32.9 Å². The summed E-state index contributed by atoms with van der Waals surface area (Å²) in [4.78, 5) is 32.0. The number of benzene rings is 2. The van der Waals surface area contributed by atoms with E-state index >= 15 is 0 Å². The Morgan fingerprint density at radius 3 is 2.50 bits per heavy atom. The van der Waals surface area contributed by atoms with Crippen LogP contribution in [-0.4, -0.2) is 16.6 Å². The number of allylic oxidation sites excluding steroid dienone is 1. The maximum Gasteiger partial charge on any atom is 0.338 e. The van der Waals surface area contributed by atoms with Crippen molar-refractivity contribution in [3.8, 4) is 11.3 Å². The van der Waals surface area contributed by atoms with Crippen LogP contribution < -0.4 is 14.9 Å². The Morgan fingerprint density at radius 1 is 1.08 bits per heavy atom. The fraction of sp³-hybridized carbons (Fsp3) is 0.179. The number of esters is 1. The van der Waals surface area contributed by atoms with Gasteiger partial charge in [-0.3, -0.25) is 9.36 Å². The molecule has 0 bridgehead atoms. The highest BCUT2D eigenvalue weighted by atomic mass is 35.5. The molecule has 10 heteroatoms. The molecule has 0 saturated carbocycles. The van der Waals surface area contributed by atoms with Gasteiger partial charge in [0.2, 0.25) is 0 Å². The number of halogens is 3. The first-order valence-corrected chi connectivity index (χ1v) is 13.6. The second-order valence-corrected chi connectivity index (χ2v) is 11.2. The third-order valence-electron chi connectivity index (χ3n) is 5.87. The van der Waals surface area contributed by atoms with Crippen LogP contribution in [0.3, 0.4) is 0 Å². The standard InChI is InChI=1S/C28H21Cl3N2O4S/c1-14(2)36-27(35)24-15(3)32-28-33(25(24)16-4-7-18(29)8-5-16)26(34)23(38-28)13-19-9-11-22(37-19)17-6-10-20(30)21(31)12-17/h4-14,25H,1-3H3/b23-13-. The summed E-state index contributed by atoms with van der Waals surface area (Å²) in [6, 6.07) is 15.1. The molecule has 1 atom stereocenters. The van der Waals surface area contributed by atoms with Crippen molar-refractivity contribution in [3.05, 3.63) is 112 Å². The van der Waals surface area contributed by atoms with E-state index in [4.69, 9.17) is 44.0 Å². The first-order valence-electron chi connectivity index (χ1n) is 11.7. The third-order valence-corrected chi connectivity index (χ3v) is 7.85. The van der Waals surface area contributed by atoms with Crippen molar-refractivity contribution in [2.75, 3.05) is 0 Å². The van der Waals surface area contributed by atoms with Gasteiger partial charge in [0.05, 0.1) is 38.0 Å². The van der Waals surface area contributed by atoms with Crippen LogP contribution in [0.25, 0.3) is 17.4 Å². The van der Waals surface area contributed by atoms with Crippen molar-refractivity contribution in [3.63, 3.8) is 0 Å². The van der Waals surface area contributed by atoms with E-state index < -0.39 is 12.0 Å². The summed E-state index contributed by atoms with van der Waals surface area (Å²) in [5, 5.41) is 1.41. The van der Waals surface area contributed by atoms with Crippen molar-refractivity contribution in [2.24, 2.45) is 4.99 Å². The average molecular weight is 588 g/mol. The molecule has 0 amide bonds. The molecule has 5 rings (SSSR count). The zero-order chi connectivity index (χ0) is 27.1. The van der Waals surface area contributed by atoms with Gasteiger partial charge in [-0.2, -0.15) is 0 Å². The smallest absolute Gasteiger partial charge is 0.338 e. The van der Waals surface area contributed by atoms with Crippen LogP contribution in [-0.2, 0) is 9.53 Å². The van der Waals surface area contributed by atoms with E-state index in [9.17, 15) is 9.59 Å². The van der Waals surface area contributed by atoms with Gasteiger partial charge >= 0.3 is 5.97 Å². The summed E-state index contributed by atoms with van der Waals surface area (Å²) in [7, 11) is 0. The molecule has 0 radical (unpaired) electrons. The Morgan fingerprint density at radius 2 is 1.82 bits per heavy atom. The lowest BCUT2D eigenvalue weighted by Gasteiger charge is -2.25. The number of hydrogen-bond acceptors (Lipinski definition) is 6. The van der Waals surface area contributed by atoms with E-state index in [-0.39, 0.29) is 11.7 Å². The predicted molar refractivity (Wildman–Crippen MR) is 151 cm³/mol. The summed E-state index contributed by atoms with van der Waals surface area (Å²) >= 11 is 19.5. The number of furan rings is 1. The molecule has 6 nitrogen and oxygen atoms in total. The largest absolute Gasteiger partial charge is 0.459 e. The Kier molecular flexibility index (Phi) is 7.38. The predicted octanol–water partition coefficient (Wildman–Crippen LogP) is 6.41. The van der Waals surface area contributed by atoms with Crippen LogP contribution in [0.1, 0.15) is 38.1 Å². The Bertz CT molecular complexity index is 1760. The lowest BCUT2D eigenvalue weighted by atomic mass is 9.96. The summed E-state index contributed by atoms with van der Waals surface area (Å²) in [5.41, 5.74) is 1.96. The quantitative estimate of drug-likeness (QED) is 0.253. The molecule has 0 spiro atoms. The van der Waals surface area contributed by atoms with Gasteiger partial charge in [-0.15, -0.1) is 0 Å². The molecule has 3 heterocycles. The minimum atomic E-state index is -0.722. The minimum absolute atomic E-state index is 0.302. The summed E-state index contributed by atoms with van der Waals surface area (Å²) in [5.74, 6) is 0.540. The second-order valence-electron chi connectivity index (χ2n) is 8.92. The zero-order valence-corrected chi connectivity index (χ0v) is 23.6. The molecule has 0 N–H and O–H groups in total. The van der Waals surface area contributed by atoms with E-state index in [1.54, 1.807) is 81.4 Å². The maximum absolute atomic E-state index is 13.7. The Balaban J connectivity index is 1.62. The summed E-state index contributed by atoms with van der Waals surface area (Å²) in [6.07, 6.45) is 1.33. The molecular weight excluding hydrogens is 567 g/mol. The molecule has 0 fully saturated rings. The molecule has 2 aromatic carbocycles. The normalized spacial score (nSPS) is 15.6. The molecule has 0 aliphatic carbocycles. The van der Waals surface area contributed by atoms with Crippen molar-refractivity contribution < 1.29 is 13.9 Å². The highest BCUT2D eigenvalue weighted by Crippen LogP contribution is 2.32. The molecule has 194 valence electrons. The number of fused-ring (bicyclic) bond motifs is 1. The van der Waals surface area contributed by atoms with Gasteiger partial charge in [0.1, 0.15) is 11.5 Å². The monoisotopic (exact) mass is 586 g/mol. The SMILES string of the molecule is CC1=C(C(=O)OC(C)C)C(c2ccc(Cl)cc2)n2c(s/c(=C\c3ccc(-c4ccc(Cl)c(Cl)c4)o3)c2=O)=N1. The fourth-order valence-electron chi connectivity index (χ4n) is 4.18. The van der Waals surface area contributed by atoms with E-state index in [1.807, 2.05) is 0 Å². The molecule has 2 aromatic heterocycles. The molecule has 1 aliphatic rings. The molecule has 0 saturated heterocycles. The van der Waals surface area contributed by atoms with E-state index in [2.05, 4.69) is 4.99 Å². The van der Waals surface area contributed by atoms with Crippen LogP contribution in [0.15, 0.2) is 80.1 Å². The Hall–Kier alpha value is -3.10. The van der Waals surface area contributed by atoms with Crippen LogP contribution in [0, 0.1) is 0 Å². The highest BCUT2D eigenvalue weighted by molar-refractivity contribution is 7.07. The number of nitrogens with zero attached hydrogens (tertiary/aromatic N) is 2. The fourth-order valence-corrected chi connectivity index (χ4v) is 5.64. The first-order chi connectivity index (χ1) is 18.1. The number of hydrogen-bond donors (Lipinski definition) is 0. The van der Waals surface area contributed by atoms with Gasteiger partial charge in [-0.1, -0.05) is 58.3 Å². The minimum Gasteiger partial charge on any atom is -0.459 e. The Labute approximate surface area is 237 Å². The zero-order valence-electron chi connectivity index (χ0n) is 20.5. The van der Waals surface area contributed by atoms with E-state index in [0.29, 0.717) is 52.8 Å². The lowest BCUT2D eigenvalue weighted by Crippen LogP contribution is -2.40. The van der Waals surface area contributed by atoms with Crippen LogP contribution in [0.2, 0.25) is 15.1 Å². The van der Waals surface area contributed by atoms with Crippen LogP contribution in [0.4, 0.5) is 0 Å². The van der Waals surface area contributed by atoms with Gasteiger partial charge in [0.15, 0.2) is 4.80 Å². The first kappa shape index (κ1) is 26.5. The number of rotatable bonds is 5. The van der Waals surface area contributed by atoms with Crippen molar-refractivity contribution in [1.29, 1.82) is 0 Å².